The van der Waals surface area contributed by atoms with Crippen molar-refractivity contribution in [3.05, 3.63) is 34.9 Å². The van der Waals surface area contributed by atoms with Crippen LogP contribution in [0.1, 0.15) is 16.2 Å². The minimum Gasteiger partial charge on any atom is -0.477 e. The molecule has 0 fully saturated rings. The molecule has 0 spiro atoms. The first-order valence-corrected chi connectivity index (χ1v) is 6.13. The number of nitrogens with zero attached hydrogens (tertiary/aromatic N) is 5. The molecule has 0 saturated heterocycles. The number of aryl methyl sites for hydroxylation is 2. The van der Waals surface area contributed by atoms with Crippen molar-refractivity contribution in [1.82, 2.24) is 24.4 Å². The molecule has 7 nitrogen and oxygen atoms in total. The fourth-order valence-electron chi connectivity index (χ4n) is 2.08. The van der Waals surface area contributed by atoms with Crippen LogP contribution in [0.2, 0.25) is 5.02 Å². The zero-order valence-electron chi connectivity index (χ0n) is 10.7. The topological polar surface area (TPSA) is 85.3 Å². The second kappa shape index (κ2) is 4.31. The summed E-state index contributed by atoms with van der Waals surface area (Å²) in [5, 5.41) is 17.7. The molecule has 20 heavy (non-hydrogen) atoms. The first kappa shape index (κ1) is 12.6. The first-order chi connectivity index (χ1) is 9.47. The van der Waals surface area contributed by atoms with Gasteiger partial charge in [-0.3, -0.25) is 4.68 Å². The van der Waals surface area contributed by atoms with E-state index in [1.54, 1.807) is 17.9 Å². The maximum absolute atomic E-state index is 11.3. The van der Waals surface area contributed by atoms with Gasteiger partial charge in [0, 0.05) is 18.8 Å². The average Bonchev–Trinajstić information content (AvgIpc) is 2.92. The van der Waals surface area contributed by atoms with Crippen molar-refractivity contribution in [2.24, 2.45) is 7.05 Å². The second-order valence-electron chi connectivity index (χ2n) is 4.36. The fraction of sp³-hybridized carbons (Fsp3) is 0.167. The van der Waals surface area contributed by atoms with Crippen LogP contribution in [0, 0.1) is 6.92 Å². The lowest BCUT2D eigenvalue weighted by Gasteiger charge is -2.04. The quantitative estimate of drug-likeness (QED) is 0.778. The Morgan fingerprint density at radius 2 is 2.20 bits per heavy atom. The average molecular weight is 292 g/mol. The third-order valence-electron chi connectivity index (χ3n) is 2.94. The van der Waals surface area contributed by atoms with Crippen molar-refractivity contribution >= 4 is 23.2 Å². The van der Waals surface area contributed by atoms with Crippen LogP contribution in [-0.4, -0.2) is 35.5 Å². The third-order valence-corrected chi connectivity index (χ3v) is 3.20. The Morgan fingerprint density at radius 1 is 1.45 bits per heavy atom. The number of aromatic nitrogens is 5. The molecule has 3 heterocycles. The lowest BCUT2D eigenvalue weighted by Crippen LogP contribution is -2.08. The van der Waals surface area contributed by atoms with Gasteiger partial charge in [-0.2, -0.15) is 10.2 Å². The van der Waals surface area contributed by atoms with Crippen molar-refractivity contribution in [3.8, 4) is 11.3 Å². The largest absolute Gasteiger partial charge is 0.477 e. The molecule has 1 N–H and O–H groups in total. The number of carboxylic acid groups (broad SMARTS) is 1. The lowest BCUT2D eigenvalue weighted by atomic mass is 10.1. The SMILES string of the molecule is Cc1nn(C)cc1-c1cc(C(=O)O)n2ncc(Cl)c2n1. The number of hydrogen-bond acceptors (Lipinski definition) is 4. The summed E-state index contributed by atoms with van der Waals surface area (Å²) in [7, 11) is 1.79. The molecule has 0 aliphatic heterocycles. The van der Waals surface area contributed by atoms with Gasteiger partial charge < -0.3 is 5.11 Å². The molecule has 0 aliphatic carbocycles. The van der Waals surface area contributed by atoms with Crippen molar-refractivity contribution in [1.29, 1.82) is 0 Å². The van der Waals surface area contributed by atoms with Crippen molar-refractivity contribution in [3.63, 3.8) is 0 Å². The summed E-state index contributed by atoms with van der Waals surface area (Å²) in [6.45, 7) is 1.83. The summed E-state index contributed by atoms with van der Waals surface area (Å²) in [4.78, 5) is 15.7. The van der Waals surface area contributed by atoms with E-state index < -0.39 is 5.97 Å². The molecule has 0 bridgehead atoms. The molecule has 0 unspecified atom stereocenters. The van der Waals surface area contributed by atoms with Gasteiger partial charge in [-0.15, -0.1) is 0 Å². The highest BCUT2D eigenvalue weighted by atomic mass is 35.5. The van der Waals surface area contributed by atoms with E-state index in [1.165, 1.54) is 16.8 Å². The van der Waals surface area contributed by atoms with Crippen LogP contribution < -0.4 is 0 Å². The van der Waals surface area contributed by atoms with E-state index in [0.717, 1.165) is 11.3 Å². The van der Waals surface area contributed by atoms with E-state index in [-0.39, 0.29) is 5.69 Å². The number of hydrogen-bond donors (Lipinski definition) is 1. The van der Waals surface area contributed by atoms with Gasteiger partial charge in [-0.05, 0) is 13.0 Å². The summed E-state index contributed by atoms with van der Waals surface area (Å²) < 4.78 is 2.86. The van der Waals surface area contributed by atoms with Crippen LogP contribution in [0.15, 0.2) is 18.5 Å². The molecule has 3 aromatic heterocycles. The van der Waals surface area contributed by atoms with E-state index in [0.29, 0.717) is 16.4 Å². The van der Waals surface area contributed by atoms with Gasteiger partial charge in [0.05, 0.1) is 17.6 Å². The number of carboxylic acids is 1. The van der Waals surface area contributed by atoms with E-state index >= 15 is 0 Å². The number of carbonyl (C=O) groups is 1. The number of aromatic carboxylic acids is 1. The second-order valence-corrected chi connectivity index (χ2v) is 4.77. The molecule has 0 amide bonds. The predicted molar refractivity (Wildman–Crippen MR) is 71.9 cm³/mol. The van der Waals surface area contributed by atoms with Crippen molar-refractivity contribution < 1.29 is 9.90 Å². The molecule has 0 saturated carbocycles. The molecule has 3 rings (SSSR count). The Hall–Kier alpha value is -2.41. The molecule has 0 atom stereocenters. The lowest BCUT2D eigenvalue weighted by molar-refractivity contribution is 0.0687. The Bertz CT molecular complexity index is 836. The summed E-state index contributed by atoms with van der Waals surface area (Å²) in [6.07, 6.45) is 3.15. The van der Waals surface area contributed by atoms with Crippen molar-refractivity contribution in [2.75, 3.05) is 0 Å². The molecular formula is C12H10ClN5O2. The van der Waals surface area contributed by atoms with Crippen molar-refractivity contribution in [2.45, 2.75) is 6.92 Å². The fourth-order valence-corrected chi connectivity index (χ4v) is 2.24. The summed E-state index contributed by atoms with van der Waals surface area (Å²) in [5.41, 5.74) is 2.33. The number of fused-ring (bicyclic) bond motifs is 1. The van der Waals surface area contributed by atoms with E-state index in [2.05, 4.69) is 15.2 Å². The van der Waals surface area contributed by atoms with Gasteiger partial charge in [0.25, 0.3) is 0 Å². The molecule has 102 valence electrons. The van der Waals surface area contributed by atoms with Gasteiger partial charge >= 0.3 is 5.97 Å². The Labute approximate surface area is 118 Å². The van der Waals surface area contributed by atoms with Crippen LogP contribution in [0.3, 0.4) is 0 Å². The van der Waals surface area contributed by atoms with Crippen LogP contribution in [-0.2, 0) is 7.05 Å². The maximum atomic E-state index is 11.3. The first-order valence-electron chi connectivity index (χ1n) is 5.75. The van der Waals surface area contributed by atoms with E-state index in [4.69, 9.17) is 11.6 Å². The smallest absolute Gasteiger partial charge is 0.354 e. The molecular weight excluding hydrogens is 282 g/mol. The van der Waals surface area contributed by atoms with E-state index in [1.807, 2.05) is 6.92 Å². The van der Waals surface area contributed by atoms with E-state index in [9.17, 15) is 9.90 Å². The minimum absolute atomic E-state index is 0.000142. The third kappa shape index (κ3) is 1.83. The van der Waals surface area contributed by atoms with Gasteiger partial charge in [-0.1, -0.05) is 11.6 Å². The van der Waals surface area contributed by atoms with Crippen LogP contribution >= 0.6 is 11.6 Å². The highest BCUT2D eigenvalue weighted by Crippen LogP contribution is 2.25. The molecule has 0 aromatic carbocycles. The summed E-state index contributed by atoms with van der Waals surface area (Å²) >= 11 is 5.99. The normalized spacial score (nSPS) is 11.2. The van der Waals surface area contributed by atoms with Gasteiger partial charge in [-0.25, -0.2) is 14.3 Å². The predicted octanol–water partition coefficient (Wildman–Crippen LogP) is 1.79. The minimum atomic E-state index is -1.10. The highest BCUT2D eigenvalue weighted by molar-refractivity contribution is 6.33. The standard InChI is InChI=1S/C12H10ClN5O2/c1-6-7(5-17(2)16-6)9-3-10(12(19)20)18-11(15-9)8(13)4-14-18/h3-5H,1-2H3,(H,19,20). The maximum Gasteiger partial charge on any atom is 0.354 e. The summed E-state index contributed by atoms with van der Waals surface area (Å²) in [6, 6.07) is 1.46. The molecule has 3 aromatic rings. The van der Waals surface area contributed by atoms with Crippen LogP contribution in [0.25, 0.3) is 16.9 Å². The Morgan fingerprint density at radius 3 is 2.80 bits per heavy atom. The van der Waals surface area contributed by atoms with Gasteiger partial charge in [0.15, 0.2) is 11.3 Å². The zero-order chi connectivity index (χ0) is 14.4. The van der Waals surface area contributed by atoms with Crippen LogP contribution in [0.4, 0.5) is 0 Å². The number of rotatable bonds is 2. The Balaban J connectivity index is 2.34. The summed E-state index contributed by atoms with van der Waals surface area (Å²) in [5.74, 6) is -1.10. The zero-order valence-corrected chi connectivity index (χ0v) is 11.5. The molecule has 0 aliphatic rings. The monoisotopic (exact) mass is 291 g/mol. The Kier molecular flexibility index (Phi) is 2.72. The highest BCUT2D eigenvalue weighted by Gasteiger charge is 2.17. The van der Waals surface area contributed by atoms with Gasteiger partial charge in [0.1, 0.15) is 5.02 Å². The number of halogens is 1. The molecule has 0 radical (unpaired) electrons. The van der Waals surface area contributed by atoms with Crippen LogP contribution in [0.5, 0.6) is 0 Å². The molecule has 8 heteroatoms. The van der Waals surface area contributed by atoms with Gasteiger partial charge in [0.2, 0.25) is 0 Å².